The van der Waals surface area contributed by atoms with Crippen molar-refractivity contribution >= 4 is 18.4 Å². The van der Waals surface area contributed by atoms with Crippen LogP contribution < -0.4 is 5.46 Å². The molecule has 0 spiro atoms. The summed E-state index contributed by atoms with van der Waals surface area (Å²) in [5, 5.41) is 9.88. The molecule has 5 nitrogen and oxygen atoms in total. The Morgan fingerprint density at radius 2 is 2.26 bits per heavy atom. The molecular formula is C17H21BN2O3. The fourth-order valence-electron chi connectivity index (χ4n) is 3.01. The van der Waals surface area contributed by atoms with E-state index in [-0.39, 0.29) is 5.78 Å². The largest absolute Gasteiger partial charge is 0.492 e. The first-order valence-electron chi connectivity index (χ1n) is 8.12. The number of carbonyl (C=O) groups excluding carboxylic acids is 1. The van der Waals surface area contributed by atoms with E-state index in [1.54, 1.807) is 12.5 Å². The fourth-order valence-corrected chi connectivity index (χ4v) is 3.01. The number of carbonyl (C=O) groups is 1. The van der Waals surface area contributed by atoms with Gasteiger partial charge in [0.2, 0.25) is 0 Å². The number of aromatic nitrogens is 2. The van der Waals surface area contributed by atoms with Gasteiger partial charge in [-0.1, -0.05) is 18.2 Å². The molecular weight excluding hydrogens is 291 g/mol. The number of imidazole rings is 1. The molecule has 120 valence electrons. The van der Waals surface area contributed by atoms with Gasteiger partial charge in [0.15, 0.2) is 0 Å². The lowest BCUT2D eigenvalue weighted by molar-refractivity contribution is -0.119. The van der Waals surface area contributed by atoms with Crippen LogP contribution in [0.1, 0.15) is 36.8 Å². The van der Waals surface area contributed by atoms with Crippen molar-refractivity contribution in [1.29, 1.82) is 0 Å². The van der Waals surface area contributed by atoms with Crippen molar-refractivity contribution in [2.75, 3.05) is 0 Å². The highest BCUT2D eigenvalue weighted by Gasteiger charge is 2.29. The first-order chi connectivity index (χ1) is 11.2. The summed E-state index contributed by atoms with van der Waals surface area (Å²) in [4.78, 5) is 16.0. The van der Waals surface area contributed by atoms with Crippen molar-refractivity contribution in [3.63, 3.8) is 0 Å². The van der Waals surface area contributed by atoms with E-state index in [1.165, 1.54) is 0 Å². The monoisotopic (exact) mass is 312 g/mol. The number of ketones is 1. The molecule has 0 aliphatic carbocycles. The van der Waals surface area contributed by atoms with E-state index in [4.69, 9.17) is 4.65 Å². The minimum absolute atomic E-state index is 0.279. The van der Waals surface area contributed by atoms with Gasteiger partial charge in [-0.05, 0) is 35.9 Å². The lowest BCUT2D eigenvalue weighted by atomic mass is 9.75. The van der Waals surface area contributed by atoms with Crippen molar-refractivity contribution in [1.82, 2.24) is 9.55 Å². The van der Waals surface area contributed by atoms with Crippen LogP contribution in [0.15, 0.2) is 36.9 Å². The topological polar surface area (TPSA) is 64.4 Å². The predicted molar refractivity (Wildman–Crippen MR) is 88.2 cm³/mol. The third-order valence-corrected chi connectivity index (χ3v) is 4.28. The zero-order valence-electron chi connectivity index (χ0n) is 13.1. The highest BCUT2D eigenvalue weighted by atomic mass is 16.5. The first kappa shape index (κ1) is 16.0. The highest BCUT2D eigenvalue weighted by molar-refractivity contribution is 6.62. The molecule has 3 rings (SSSR count). The average Bonchev–Trinajstić information content (AvgIpc) is 3.20. The Kier molecular flexibility index (Phi) is 5.25. The molecule has 0 radical (unpaired) electrons. The van der Waals surface area contributed by atoms with Gasteiger partial charge in [0.05, 0.1) is 12.9 Å². The van der Waals surface area contributed by atoms with E-state index < -0.39 is 7.12 Å². The van der Waals surface area contributed by atoms with Crippen LogP contribution >= 0.6 is 0 Å². The number of Topliss-reactive ketones (excluding diaryl/α,β-unsaturated/α-hetero) is 1. The molecule has 23 heavy (non-hydrogen) atoms. The van der Waals surface area contributed by atoms with Crippen molar-refractivity contribution in [3.05, 3.63) is 48.0 Å². The van der Waals surface area contributed by atoms with Gasteiger partial charge in [0, 0.05) is 31.8 Å². The van der Waals surface area contributed by atoms with Crippen LogP contribution in [-0.4, -0.2) is 27.5 Å². The smallest absolute Gasteiger partial charge is 0.423 e. The normalized spacial score (nSPS) is 13.3. The molecule has 0 atom stereocenters. The number of rotatable bonds is 8. The molecule has 0 unspecified atom stereocenters. The quantitative estimate of drug-likeness (QED) is 0.592. The summed E-state index contributed by atoms with van der Waals surface area (Å²) < 4.78 is 7.28. The van der Waals surface area contributed by atoms with Crippen molar-refractivity contribution in [2.24, 2.45) is 0 Å². The van der Waals surface area contributed by atoms with Crippen LogP contribution in [-0.2, 0) is 29.0 Å². The number of fused-ring (bicyclic) bond motifs is 1. The van der Waals surface area contributed by atoms with Gasteiger partial charge in [-0.2, -0.15) is 0 Å². The maximum atomic E-state index is 12.0. The summed E-state index contributed by atoms with van der Waals surface area (Å²) in [5.74, 6) is 0.279. The average molecular weight is 312 g/mol. The summed E-state index contributed by atoms with van der Waals surface area (Å²) in [7, 11) is -0.841. The van der Waals surface area contributed by atoms with Crippen LogP contribution in [0.25, 0.3) is 0 Å². The molecule has 0 saturated carbocycles. The SMILES string of the molecule is O=C(CCCCn1ccnc1)CCc1cccc2c1B(O)OC2. The van der Waals surface area contributed by atoms with E-state index >= 15 is 0 Å². The lowest BCUT2D eigenvalue weighted by Crippen LogP contribution is -2.31. The van der Waals surface area contributed by atoms with Gasteiger partial charge < -0.3 is 14.2 Å². The second-order valence-corrected chi connectivity index (χ2v) is 5.95. The van der Waals surface area contributed by atoms with Gasteiger partial charge in [-0.3, -0.25) is 4.79 Å². The molecule has 0 saturated heterocycles. The number of hydrogen-bond donors (Lipinski definition) is 1. The fraction of sp³-hybridized carbons (Fsp3) is 0.412. The molecule has 2 heterocycles. The zero-order chi connectivity index (χ0) is 16.1. The number of benzene rings is 1. The standard InChI is InChI=1S/C17H21BN2O3/c21-16(6-1-2-10-20-11-9-19-13-20)8-7-14-4-3-5-15-12-23-18(22)17(14)15/h3-5,9,11,13,22H,1-2,6-8,10,12H2. The Balaban J connectivity index is 1.42. The third-order valence-electron chi connectivity index (χ3n) is 4.28. The molecule has 1 aliphatic heterocycles. The summed E-state index contributed by atoms with van der Waals surface area (Å²) in [6.45, 7) is 1.36. The Morgan fingerprint density at radius 1 is 1.35 bits per heavy atom. The minimum Gasteiger partial charge on any atom is -0.423 e. The van der Waals surface area contributed by atoms with Gasteiger partial charge >= 0.3 is 7.12 Å². The highest BCUT2D eigenvalue weighted by Crippen LogP contribution is 2.14. The van der Waals surface area contributed by atoms with Crippen molar-refractivity contribution < 1.29 is 14.5 Å². The zero-order valence-corrected chi connectivity index (χ0v) is 13.1. The summed E-state index contributed by atoms with van der Waals surface area (Å²) >= 11 is 0. The number of aryl methyl sites for hydroxylation is 2. The van der Waals surface area contributed by atoms with Gasteiger partial charge in [0.25, 0.3) is 0 Å². The van der Waals surface area contributed by atoms with Crippen LogP contribution in [0, 0.1) is 0 Å². The molecule has 1 aliphatic rings. The third kappa shape index (κ3) is 4.09. The van der Waals surface area contributed by atoms with E-state index in [0.29, 0.717) is 25.9 Å². The molecule has 0 amide bonds. The van der Waals surface area contributed by atoms with Crippen LogP contribution in [0.2, 0.25) is 0 Å². The first-order valence-corrected chi connectivity index (χ1v) is 8.12. The lowest BCUT2D eigenvalue weighted by Gasteiger charge is -2.08. The van der Waals surface area contributed by atoms with Gasteiger partial charge in [-0.25, -0.2) is 4.98 Å². The predicted octanol–water partition coefficient (Wildman–Crippen LogP) is 1.47. The van der Waals surface area contributed by atoms with Gasteiger partial charge in [-0.15, -0.1) is 0 Å². The van der Waals surface area contributed by atoms with E-state index in [9.17, 15) is 9.82 Å². The number of unbranched alkanes of at least 4 members (excludes halogenated alkanes) is 1. The van der Waals surface area contributed by atoms with E-state index in [0.717, 1.165) is 36.0 Å². The minimum atomic E-state index is -0.841. The Labute approximate surface area is 136 Å². The maximum absolute atomic E-state index is 12.0. The molecule has 6 heteroatoms. The molecule has 0 fully saturated rings. The number of nitrogens with zero attached hydrogens (tertiary/aromatic N) is 2. The van der Waals surface area contributed by atoms with Crippen LogP contribution in [0.4, 0.5) is 0 Å². The molecule has 2 aromatic rings. The van der Waals surface area contributed by atoms with E-state index in [2.05, 4.69) is 4.98 Å². The van der Waals surface area contributed by atoms with Crippen LogP contribution in [0.5, 0.6) is 0 Å². The molecule has 1 N–H and O–H groups in total. The second kappa shape index (κ2) is 7.57. The Bertz CT molecular complexity index is 658. The Hall–Kier alpha value is -1.92. The summed E-state index contributed by atoms with van der Waals surface area (Å²) in [6.07, 6.45) is 9.18. The van der Waals surface area contributed by atoms with Crippen molar-refractivity contribution in [2.45, 2.75) is 45.3 Å². The number of hydrogen-bond acceptors (Lipinski definition) is 4. The van der Waals surface area contributed by atoms with Crippen LogP contribution in [0.3, 0.4) is 0 Å². The summed E-state index contributed by atoms with van der Waals surface area (Å²) in [5.41, 5.74) is 2.92. The maximum Gasteiger partial charge on any atom is 0.492 e. The molecule has 1 aromatic heterocycles. The second-order valence-electron chi connectivity index (χ2n) is 5.95. The molecule has 1 aromatic carbocycles. The Morgan fingerprint density at radius 3 is 3.09 bits per heavy atom. The van der Waals surface area contributed by atoms with E-state index in [1.807, 2.05) is 29.0 Å². The molecule has 0 bridgehead atoms. The van der Waals surface area contributed by atoms with Crippen molar-refractivity contribution in [3.8, 4) is 0 Å². The summed E-state index contributed by atoms with van der Waals surface area (Å²) in [6, 6.07) is 5.90. The van der Waals surface area contributed by atoms with Gasteiger partial charge in [0.1, 0.15) is 5.78 Å².